The lowest BCUT2D eigenvalue weighted by atomic mass is 9.97. The first-order valence-corrected chi connectivity index (χ1v) is 18.8. The Morgan fingerprint density at radius 1 is 1.00 bits per heavy atom. The van der Waals surface area contributed by atoms with Gasteiger partial charge in [0.1, 0.15) is 11.4 Å². The largest absolute Gasteiger partial charge is 0.490 e. The van der Waals surface area contributed by atoms with E-state index in [9.17, 15) is 33.2 Å². The fourth-order valence-electron chi connectivity index (χ4n) is 5.70. The maximum Gasteiger partial charge on any atom is 0.410 e. The summed E-state index contributed by atoms with van der Waals surface area (Å²) in [5.74, 6) is -0.888. The number of hydrogen-bond donors (Lipinski definition) is 3. The number of nitrogens with zero attached hydrogens (tertiary/aromatic N) is 2. The minimum absolute atomic E-state index is 0.00610. The number of nitro benzene ring substituents is 1. The fourth-order valence-corrected chi connectivity index (χ4v) is 6.70. The van der Waals surface area contributed by atoms with Gasteiger partial charge in [-0.3, -0.25) is 14.9 Å². The van der Waals surface area contributed by atoms with Crippen molar-refractivity contribution in [2.24, 2.45) is 0 Å². The van der Waals surface area contributed by atoms with Gasteiger partial charge in [0.2, 0.25) is 10.0 Å². The van der Waals surface area contributed by atoms with E-state index in [1.165, 1.54) is 29.2 Å². The number of carbonyl (C=O) groups is 2. The van der Waals surface area contributed by atoms with E-state index in [1.807, 2.05) is 24.3 Å². The molecule has 1 aliphatic carbocycles. The van der Waals surface area contributed by atoms with Crippen LogP contribution in [0.1, 0.15) is 86.9 Å². The van der Waals surface area contributed by atoms with Crippen LogP contribution in [0.25, 0.3) is 11.1 Å². The first-order valence-electron chi connectivity index (χ1n) is 17.1. The number of ether oxygens (including phenoxy) is 2. The van der Waals surface area contributed by atoms with Crippen molar-refractivity contribution >= 4 is 27.7 Å². The number of nitro groups is 1. The van der Waals surface area contributed by atoms with Gasteiger partial charge < -0.3 is 24.6 Å². The van der Waals surface area contributed by atoms with Crippen LogP contribution in [0.2, 0.25) is 0 Å². The predicted molar refractivity (Wildman–Crippen MR) is 192 cm³/mol. The lowest BCUT2D eigenvalue weighted by molar-refractivity contribution is -0.384. The number of non-ortho nitro benzene ring substituents is 1. The van der Waals surface area contributed by atoms with E-state index >= 15 is 0 Å². The van der Waals surface area contributed by atoms with Gasteiger partial charge in [-0.05, 0) is 106 Å². The lowest BCUT2D eigenvalue weighted by Gasteiger charge is -2.29. The van der Waals surface area contributed by atoms with E-state index in [0.717, 1.165) is 48.8 Å². The minimum atomic E-state index is -3.94. The topological polar surface area (TPSA) is 186 Å². The molecule has 1 fully saturated rings. The van der Waals surface area contributed by atoms with Crippen molar-refractivity contribution in [2.75, 3.05) is 25.4 Å². The number of carbonyl (C=O) groups excluding carboxylic acids is 2. The Morgan fingerprint density at radius 2 is 1.65 bits per heavy atom. The molecule has 2 amide bonds. The van der Waals surface area contributed by atoms with Crippen molar-refractivity contribution in [3.8, 4) is 16.9 Å². The van der Waals surface area contributed by atoms with Gasteiger partial charge in [0.25, 0.3) is 11.6 Å². The summed E-state index contributed by atoms with van der Waals surface area (Å²) >= 11 is 0. The Bertz CT molecular complexity index is 1750. The van der Waals surface area contributed by atoms with Crippen LogP contribution in [-0.4, -0.2) is 77.6 Å². The normalized spacial score (nSPS) is 14.4. The van der Waals surface area contributed by atoms with Crippen LogP contribution in [0.4, 0.5) is 10.5 Å². The summed E-state index contributed by atoms with van der Waals surface area (Å²) in [6.45, 7) is 5.08. The van der Waals surface area contributed by atoms with Crippen LogP contribution < -0.4 is 9.46 Å². The Morgan fingerprint density at radius 3 is 2.25 bits per heavy atom. The van der Waals surface area contributed by atoms with Crippen LogP contribution >= 0.6 is 0 Å². The highest BCUT2D eigenvalue weighted by atomic mass is 32.2. The molecule has 14 heteroatoms. The predicted octanol–water partition coefficient (Wildman–Crippen LogP) is 5.93. The Hall–Kier alpha value is -4.53. The van der Waals surface area contributed by atoms with E-state index in [2.05, 4.69) is 4.72 Å². The molecule has 0 radical (unpaired) electrons. The molecular weight excluding hydrogens is 678 g/mol. The van der Waals surface area contributed by atoms with Crippen molar-refractivity contribution in [1.82, 2.24) is 9.62 Å². The SMILES string of the molecule is CC(C)(C)OC(=O)N(CCc1ccc(-c2ccc(C(=O)NS(=O)(=O)CCCO)c(OC3CCCCC3)c2)cc1)C[C@H](O)c1ccc([N+](=O)[O-])cc1. The molecule has 0 spiro atoms. The maximum absolute atomic E-state index is 13.1. The van der Waals surface area contributed by atoms with Gasteiger partial charge in [0, 0.05) is 25.3 Å². The van der Waals surface area contributed by atoms with E-state index in [0.29, 0.717) is 12.0 Å². The molecule has 0 bridgehead atoms. The van der Waals surface area contributed by atoms with Crippen LogP contribution in [0.3, 0.4) is 0 Å². The van der Waals surface area contributed by atoms with Crippen molar-refractivity contribution in [2.45, 2.75) is 83.5 Å². The molecule has 4 rings (SSSR count). The third-order valence-electron chi connectivity index (χ3n) is 8.38. The number of rotatable bonds is 15. The zero-order chi connectivity index (χ0) is 37.2. The number of amides is 2. The van der Waals surface area contributed by atoms with E-state index < -0.39 is 38.7 Å². The van der Waals surface area contributed by atoms with Crippen molar-refractivity contribution < 1.29 is 42.6 Å². The number of nitrogens with one attached hydrogen (secondary N) is 1. The quantitative estimate of drug-likeness (QED) is 0.125. The van der Waals surface area contributed by atoms with Crippen LogP contribution in [0.5, 0.6) is 5.75 Å². The molecule has 1 atom stereocenters. The summed E-state index contributed by atoms with van der Waals surface area (Å²) in [5.41, 5.74) is 2.15. The van der Waals surface area contributed by atoms with Crippen LogP contribution in [0, 0.1) is 10.1 Å². The Labute approximate surface area is 298 Å². The van der Waals surface area contributed by atoms with E-state index in [1.54, 1.807) is 39.0 Å². The highest BCUT2D eigenvalue weighted by molar-refractivity contribution is 7.90. The first-order chi connectivity index (χ1) is 24.1. The smallest absolute Gasteiger partial charge is 0.410 e. The van der Waals surface area contributed by atoms with E-state index in [4.69, 9.17) is 14.6 Å². The van der Waals surface area contributed by atoms with Crippen LogP contribution in [0.15, 0.2) is 66.7 Å². The van der Waals surface area contributed by atoms with Crippen molar-refractivity contribution in [3.63, 3.8) is 0 Å². The molecule has 1 saturated carbocycles. The molecule has 276 valence electrons. The number of aliphatic hydroxyl groups excluding tert-OH is 2. The van der Waals surface area contributed by atoms with Crippen molar-refractivity contribution in [3.05, 3.63) is 93.5 Å². The second-order valence-corrected chi connectivity index (χ2v) is 15.5. The van der Waals surface area contributed by atoms with Crippen molar-refractivity contribution in [1.29, 1.82) is 0 Å². The monoisotopic (exact) mass is 725 g/mol. The highest BCUT2D eigenvalue weighted by Gasteiger charge is 2.26. The van der Waals surface area contributed by atoms with Gasteiger partial charge in [-0.1, -0.05) is 36.8 Å². The van der Waals surface area contributed by atoms with Gasteiger partial charge in [-0.25, -0.2) is 17.9 Å². The number of sulfonamides is 1. The summed E-state index contributed by atoms with van der Waals surface area (Å²) in [5, 5.41) is 31.0. The summed E-state index contributed by atoms with van der Waals surface area (Å²) < 4.78 is 38.8. The van der Waals surface area contributed by atoms with Gasteiger partial charge in [-0.2, -0.15) is 0 Å². The van der Waals surface area contributed by atoms with Gasteiger partial charge in [0.15, 0.2) is 0 Å². The number of hydrogen-bond acceptors (Lipinski definition) is 10. The maximum atomic E-state index is 13.1. The van der Waals surface area contributed by atoms with Gasteiger partial charge >= 0.3 is 6.09 Å². The average molecular weight is 726 g/mol. The summed E-state index contributed by atoms with van der Waals surface area (Å²) in [4.78, 5) is 38.1. The molecule has 0 unspecified atom stereocenters. The highest BCUT2D eigenvalue weighted by Crippen LogP contribution is 2.31. The fraction of sp³-hybridized carbons (Fsp3) is 0.459. The summed E-state index contributed by atoms with van der Waals surface area (Å²) in [6, 6.07) is 18.2. The standard InChI is InChI=1S/C37H47N3O10S/c1-37(2,3)50-36(44)39(25-33(42)28-14-17-30(18-15-28)40(45)46)21-20-26-10-12-27(13-11-26)29-16-19-32(35(43)38-51(47,48)23-7-22-41)34(24-29)49-31-8-5-4-6-9-31/h10-19,24,31,33,41-42H,4-9,20-23,25H2,1-3H3,(H,38,43)/t33-/m0/s1. The molecule has 13 nitrogen and oxygen atoms in total. The molecule has 0 heterocycles. The summed E-state index contributed by atoms with van der Waals surface area (Å²) in [6.07, 6.45) is 3.43. The molecule has 3 N–H and O–H groups in total. The lowest BCUT2D eigenvalue weighted by Crippen LogP contribution is -2.40. The molecule has 3 aromatic rings. The Kier molecular flexibility index (Phi) is 13.6. The molecule has 0 saturated heterocycles. The van der Waals surface area contributed by atoms with Crippen LogP contribution in [-0.2, 0) is 21.2 Å². The van der Waals surface area contributed by atoms with Gasteiger partial charge in [-0.15, -0.1) is 0 Å². The average Bonchev–Trinajstić information content (AvgIpc) is 3.08. The third-order valence-corrected chi connectivity index (χ3v) is 9.71. The van der Waals surface area contributed by atoms with E-state index in [-0.39, 0.29) is 55.0 Å². The second kappa shape index (κ2) is 17.6. The molecule has 0 aliphatic heterocycles. The molecule has 3 aromatic carbocycles. The molecule has 0 aromatic heterocycles. The third kappa shape index (κ3) is 12.0. The molecular formula is C37H47N3O10S. The zero-order valence-electron chi connectivity index (χ0n) is 29.2. The zero-order valence-corrected chi connectivity index (χ0v) is 30.1. The number of benzene rings is 3. The molecule has 1 aliphatic rings. The minimum Gasteiger partial charge on any atom is -0.490 e. The number of aliphatic hydroxyl groups is 2. The van der Waals surface area contributed by atoms with Gasteiger partial charge in [0.05, 0.1) is 35.0 Å². The summed E-state index contributed by atoms with van der Waals surface area (Å²) in [7, 11) is -3.94. The molecule has 51 heavy (non-hydrogen) atoms. The second-order valence-electron chi connectivity index (χ2n) is 13.7. The Balaban J connectivity index is 1.50. The first kappa shape index (κ1) is 39.3.